The Morgan fingerprint density at radius 2 is 2.18 bits per heavy atom. The van der Waals surface area contributed by atoms with Gasteiger partial charge in [-0.25, -0.2) is 4.79 Å². The fourth-order valence-corrected chi connectivity index (χ4v) is 4.14. The van der Waals surface area contributed by atoms with E-state index < -0.39 is 5.97 Å². The van der Waals surface area contributed by atoms with E-state index in [-0.39, 0.29) is 0 Å². The van der Waals surface area contributed by atoms with Crippen LogP contribution < -0.4 is 0 Å². The van der Waals surface area contributed by atoms with Crippen LogP contribution >= 0.6 is 11.3 Å². The molecule has 4 heteroatoms. The van der Waals surface area contributed by atoms with E-state index in [2.05, 4.69) is 0 Å². The summed E-state index contributed by atoms with van der Waals surface area (Å²) in [6.07, 6.45) is 6.90. The van der Waals surface area contributed by atoms with Crippen molar-refractivity contribution in [3.8, 4) is 0 Å². The Hall–Kier alpha value is -1.16. The second-order valence-electron chi connectivity index (χ2n) is 5.31. The van der Waals surface area contributed by atoms with Crippen molar-refractivity contribution < 1.29 is 14.7 Å². The first kappa shape index (κ1) is 11.0. The van der Waals surface area contributed by atoms with E-state index in [9.17, 15) is 9.59 Å². The van der Waals surface area contributed by atoms with Crippen LogP contribution in [-0.2, 0) is 0 Å². The van der Waals surface area contributed by atoms with Gasteiger partial charge in [-0.05, 0) is 48.6 Å². The van der Waals surface area contributed by atoms with Crippen LogP contribution in [0.1, 0.15) is 62.9 Å². The van der Waals surface area contributed by atoms with Gasteiger partial charge in [0.1, 0.15) is 4.88 Å². The second-order valence-corrected chi connectivity index (χ2v) is 6.40. The number of carboxylic acids is 1. The average molecular weight is 250 g/mol. The highest BCUT2D eigenvalue weighted by Gasteiger charge is 2.49. The largest absolute Gasteiger partial charge is 0.477 e. The third-order valence-electron chi connectivity index (χ3n) is 4.30. The van der Waals surface area contributed by atoms with Crippen molar-refractivity contribution in [2.75, 3.05) is 0 Å². The number of hydrogen-bond donors (Lipinski definition) is 1. The minimum absolute atomic E-state index is 0.367. The van der Waals surface area contributed by atoms with Gasteiger partial charge in [0.2, 0.25) is 0 Å². The third kappa shape index (κ3) is 1.62. The van der Waals surface area contributed by atoms with E-state index in [0.717, 1.165) is 36.0 Å². The lowest BCUT2D eigenvalue weighted by Gasteiger charge is -2.54. The van der Waals surface area contributed by atoms with E-state index in [4.69, 9.17) is 5.11 Å². The van der Waals surface area contributed by atoms with Crippen molar-refractivity contribution in [2.45, 2.75) is 38.0 Å². The van der Waals surface area contributed by atoms with E-state index in [0.29, 0.717) is 21.1 Å². The molecule has 1 heterocycles. The molecule has 0 unspecified atom stereocenters. The highest BCUT2D eigenvalue weighted by Crippen LogP contribution is 2.62. The van der Waals surface area contributed by atoms with Crippen molar-refractivity contribution in [2.24, 2.45) is 5.41 Å². The number of rotatable bonds is 3. The molecule has 0 amide bonds. The van der Waals surface area contributed by atoms with E-state index in [1.807, 2.05) is 0 Å². The van der Waals surface area contributed by atoms with Gasteiger partial charge in [0.25, 0.3) is 0 Å². The van der Waals surface area contributed by atoms with Crippen molar-refractivity contribution in [1.29, 1.82) is 0 Å². The summed E-state index contributed by atoms with van der Waals surface area (Å²) in [5.74, 6) is -0.529. The van der Waals surface area contributed by atoms with Gasteiger partial charge >= 0.3 is 5.97 Å². The molecular weight excluding hydrogens is 236 g/mol. The molecule has 0 aliphatic heterocycles. The van der Waals surface area contributed by atoms with E-state index in [1.54, 1.807) is 6.07 Å². The molecule has 3 nitrogen and oxygen atoms in total. The number of carbonyl (C=O) groups is 2. The maximum absolute atomic E-state index is 11.1. The summed E-state index contributed by atoms with van der Waals surface area (Å²) in [6, 6.07) is 1.78. The Kier molecular flexibility index (Phi) is 2.36. The van der Waals surface area contributed by atoms with Crippen LogP contribution in [0, 0.1) is 5.41 Å². The Labute approximate surface area is 103 Å². The van der Waals surface area contributed by atoms with Crippen LogP contribution in [-0.4, -0.2) is 17.4 Å². The number of aldehydes is 1. The van der Waals surface area contributed by atoms with Crippen molar-refractivity contribution >= 4 is 23.6 Å². The molecule has 0 bridgehead atoms. The second kappa shape index (κ2) is 3.67. The third-order valence-corrected chi connectivity index (χ3v) is 5.37. The minimum Gasteiger partial charge on any atom is -0.477 e. The summed E-state index contributed by atoms with van der Waals surface area (Å²) < 4.78 is 0. The zero-order valence-corrected chi connectivity index (χ0v) is 10.3. The molecule has 17 heavy (non-hydrogen) atoms. The van der Waals surface area contributed by atoms with Crippen LogP contribution in [0.4, 0.5) is 0 Å². The summed E-state index contributed by atoms with van der Waals surface area (Å²) in [5.41, 5.74) is 1.42. The first-order valence-corrected chi connectivity index (χ1v) is 6.77. The molecule has 2 saturated carbocycles. The summed E-state index contributed by atoms with van der Waals surface area (Å²) >= 11 is 1.10. The lowest BCUT2D eigenvalue weighted by molar-refractivity contribution is 0.00866. The Balaban J connectivity index is 1.84. The Morgan fingerprint density at radius 1 is 1.47 bits per heavy atom. The molecule has 1 aromatic rings. The normalized spacial score (nSPS) is 21.9. The van der Waals surface area contributed by atoms with Gasteiger partial charge in [-0.3, -0.25) is 4.79 Å². The molecule has 0 aromatic carbocycles. The predicted molar refractivity (Wildman–Crippen MR) is 64.9 cm³/mol. The van der Waals surface area contributed by atoms with Crippen LogP contribution in [0.15, 0.2) is 6.07 Å². The van der Waals surface area contributed by atoms with Crippen LogP contribution in [0.3, 0.4) is 0 Å². The number of hydrogen-bond acceptors (Lipinski definition) is 3. The lowest BCUT2D eigenvalue weighted by atomic mass is 9.51. The van der Waals surface area contributed by atoms with E-state index >= 15 is 0 Å². The molecule has 0 radical (unpaired) electrons. The highest BCUT2D eigenvalue weighted by molar-refractivity contribution is 7.15. The van der Waals surface area contributed by atoms with Gasteiger partial charge in [0.05, 0.1) is 4.88 Å². The summed E-state index contributed by atoms with van der Waals surface area (Å²) in [7, 11) is 0. The maximum Gasteiger partial charge on any atom is 0.346 e. The average Bonchev–Trinajstić information content (AvgIpc) is 2.57. The van der Waals surface area contributed by atoms with Gasteiger partial charge in [-0.15, -0.1) is 11.3 Å². The molecule has 1 N–H and O–H groups in total. The zero-order valence-electron chi connectivity index (χ0n) is 9.44. The van der Waals surface area contributed by atoms with Crippen LogP contribution in [0.5, 0.6) is 0 Å². The summed E-state index contributed by atoms with van der Waals surface area (Å²) in [4.78, 5) is 22.8. The minimum atomic E-state index is -0.896. The fraction of sp³-hybridized carbons (Fsp3) is 0.538. The molecule has 1 spiro atoms. The molecule has 3 rings (SSSR count). The first-order valence-electron chi connectivity index (χ1n) is 5.96. The van der Waals surface area contributed by atoms with Crippen LogP contribution in [0.2, 0.25) is 0 Å². The number of aromatic carboxylic acids is 1. The quantitative estimate of drug-likeness (QED) is 0.837. The molecular formula is C13H14O3S. The van der Waals surface area contributed by atoms with Gasteiger partial charge in [-0.1, -0.05) is 6.42 Å². The number of carboxylic acid groups (broad SMARTS) is 1. The zero-order chi connectivity index (χ0) is 12.0. The monoisotopic (exact) mass is 250 g/mol. The summed E-state index contributed by atoms with van der Waals surface area (Å²) in [5, 5.41) is 9.14. The SMILES string of the molecule is O=Cc1cc(C2CC3(CCC3)C2)c(C(=O)O)s1. The smallest absolute Gasteiger partial charge is 0.346 e. The first-order chi connectivity index (χ1) is 8.13. The Morgan fingerprint density at radius 3 is 2.65 bits per heavy atom. The summed E-state index contributed by atoms with van der Waals surface area (Å²) in [6.45, 7) is 0. The molecule has 1 aromatic heterocycles. The van der Waals surface area contributed by atoms with E-state index in [1.165, 1.54) is 19.3 Å². The van der Waals surface area contributed by atoms with Gasteiger partial charge in [0.15, 0.2) is 6.29 Å². The van der Waals surface area contributed by atoms with Gasteiger partial charge in [0, 0.05) is 0 Å². The number of carbonyl (C=O) groups excluding carboxylic acids is 1. The topological polar surface area (TPSA) is 54.4 Å². The van der Waals surface area contributed by atoms with Crippen molar-refractivity contribution in [1.82, 2.24) is 0 Å². The fourth-order valence-electron chi connectivity index (χ4n) is 3.24. The van der Waals surface area contributed by atoms with Crippen LogP contribution in [0.25, 0.3) is 0 Å². The lowest BCUT2D eigenvalue weighted by Crippen LogP contribution is -2.41. The highest BCUT2D eigenvalue weighted by atomic mass is 32.1. The molecule has 2 fully saturated rings. The molecule has 0 saturated heterocycles. The number of thiophene rings is 1. The van der Waals surface area contributed by atoms with Crippen molar-refractivity contribution in [3.05, 3.63) is 21.4 Å². The molecule has 90 valence electrons. The maximum atomic E-state index is 11.1. The predicted octanol–water partition coefficient (Wildman–Crippen LogP) is 3.31. The molecule has 0 atom stereocenters. The van der Waals surface area contributed by atoms with Gasteiger partial charge < -0.3 is 5.11 Å². The van der Waals surface area contributed by atoms with Crippen molar-refractivity contribution in [3.63, 3.8) is 0 Å². The van der Waals surface area contributed by atoms with Gasteiger partial charge in [-0.2, -0.15) is 0 Å². The molecule has 2 aliphatic rings. The standard InChI is InChI=1S/C13H14O3S/c14-7-9-4-10(11(17-9)12(15)16)8-5-13(6-8)2-1-3-13/h4,7-8H,1-3,5-6H2,(H,15,16). The molecule has 2 aliphatic carbocycles. The Bertz CT molecular complexity index is 477.